The number of hydrogen-bond acceptors (Lipinski definition) is 5. The Balaban J connectivity index is 2.04. The lowest BCUT2D eigenvalue weighted by Gasteiger charge is -2.29. The Morgan fingerprint density at radius 1 is 1.45 bits per heavy atom. The van der Waals surface area contributed by atoms with Crippen molar-refractivity contribution in [2.75, 3.05) is 39.1 Å². The summed E-state index contributed by atoms with van der Waals surface area (Å²) in [6, 6.07) is 5.11. The number of para-hydroxylation sites is 1. The van der Waals surface area contributed by atoms with Gasteiger partial charge < -0.3 is 15.0 Å². The molecular formula is C14H21N3O3. The van der Waals surface area contributed by atoms with Crippen molar-refractivity contribution in [2.24, 2.45) is 5.92 Å². The molecular weight excluding hydrogens is 258 g/mol. The van der Waals surface area contributed by atoms with Crippen molar-refractivity contribution in [1.29, 1.82) is 0 Å². The van der Waals surface area contributed by atoms with E-state index < -0.39 is 4.92 Å². The van der Waals surface area contributed by atoms with E-state index in [0.717, 1.165) is 32.5 Å². The Bertz CT molecular complexity index is 471. The molecule has 0 amide bonds. The fourth-order valence-corrected chi connectivity index (χ4v) is 2.54. The van der Waals surface area contributed by atoms with Crippen molar-refractivity contribution in [3.05, 3.63) is 28.3 Å². The molecule has 1 fully saturated rings. The smallest absolute Gasteiger partial charge is 0.333 e. The van der Waals surface area contributed by atoms with Gasteiger partial charge in [0, 0.05) is 6.54 Å². The van der Waals surface area contributed by atoms with Gasteiger partial charge in [0.2, 0.25) is 0 Å². The number of anilines is 1. The van der Waals surface area contributed by atoms with E-state index in [9.17, 15) is 10.1 Å². The highest BCUT2D eigenvalue weighted by Crippen LogP contribution is 2.34. The quantitative estimate of drug-likeness (QED) is 0.662. The Hall–Kier alpha value is -1.82. The third kappa shape index (κ3) is 3.39. The van der Waals surface area contributed by atoms with Crippen molar-refractivity contribution in [3.8, 4) is 5.75 Å². The van der Waals surface area contributed by atoms with Crippen molar-refractivity contribution in [1.82, 2.24) is 4.90 Å². The van der Waals surface area contributed by atoms with Crippen LogP contribution in [-0.2, 0) is 0 Å². The van der Waals surface area contributed by atoms with Gasteiger partial charge in [-0.05, 0) is 51.0 Å². The lowest BCUT2D eigenvalue weighted by atomic mass is 9.97. The first kappa shape index (κ1) is 14.6. The van der Waals surface area contributed by atoms with E-state index in [2.05, 4.69) is 17.3 Å². The van der Waals surface area contributed by atoms with Crippen LogP contribution in [0.3, 0.4) is 0 Å². The molecule has 110 valence electrons. The van der Waals surface area contributed by atoms with E-state index in [4.69, 9.17) is 4.74 Å². The van der Waals surface area contributed by atoms with Gasteiger partial charge in [-0.3, -0.25) is 10.1 Å². The SMILES string of the molecule is COc1cccc(NCC2CCN(C)CC2)c1[N+](=O)[O-]. The molecule has 1 N–H and O–H groups in total. The van der Waals surface area contributed by atoms with Crippen LogP contribution >= 0.6 is 0 Å². The van der Waals surface area contributed by atoms with Crippen LogP contribution in [0.1, 0.15) is 12.8 Å². The number of benzene rings is 1. The number of piperidine rings is 1. The monoisotopic (exact) mass is 279 g/mol. The van der Waals surface area contributed by atoms with E-state index in [-0.39, 0.29) is 5.69 Å². The van der Waals surface area contributed by atoms with Gasteiger partial charge in [-0.1, -0.05) is 6.07 Å². The van der Waals surface area contributed by atoms with Gasteiger partial charge in [0.05, 0.1) is 12.0 Å². The summed E-state index contributed by atoms with van der Waals surface area (Å²) in [7, 11) is 3.57. The molecule has 2 rings (SSSR count). The molecule has 1 aromatic rings. The Labute approximate surface area is 118 Å². The number of ether oxygens (including phenoxy) is 1. The summed E-state index contributed by atoms with van der Waals surface area (Å²) in [4.78, 5) is 13.1. The predicted octanol–water partition coefficient (Wildman–Crippen LogP) is 2.36. The molecule has 0 radical (unpaired) electrons. The fraction of sp³-hybridized carbons (Fsp3) is 0.571. The van der Waals surface area contributed by atoms with Gasteiger partial charge in [-0.15, -0.1) is 0 Å². The Morgan fingerprint density at radius 2 is 2.15 bits per heavy atom. The van der Waals surface area contributed by atoms with Crippen molar-refractivity contribution >= 4 is 11.4 Å². The van der Waals surface area contributed by atoms with E-state index >= 15 is 0 Å². The number of nitrogens with one attached hydrogen (secondary N) is 1. The summed E-state index contributed by atoms with van der Waals surface area (Å²) in [5.41, 5.74) is 0.552. The van der Waals surface area contributed by atoms with E-state index in [1.165, 1.54) is 7.11 Å². The van der Waals surface area contributed by atoms with Crippen LogP contribution in [0, 0.1) is 16.0 Å². The molecule has 1 heterocycles. The van der Waals surface area contributed by atoms with E-state index in [0.29, 0.717) is 17.4 Å². The maximum Gasteiger partial charge on any atom is 0.333 e. The highest BCUT2D eigenvalue weighted by Gasteiger charge is 2.22. The maximum absolute atomic E-state index is 11.2. The molecule has 1 aromatic carbocycles. The van der Waals surface area contributed by atoms with Gasteiger partial charge in [-0.25, -0.2) is 0 Å². The predicted molar refractivity (Wildman–Crippen MR) is 78.4 cm³/mol. The minimum absolute atomic E-state index is 0.0166. The van der Waals surface area contributed by atoms with Crippen LogP contribution in [0.25, 0.3) is 0 Å². The molecule has 6 nitrogen and oxygen atoms in total. The Morgan fingerprint density at radius 3 is 2.75 bits per heavy atom. The van der Waals surface area contributed by atoms with Gasteiger partial charge in [-0.2, -0.15) is 0 Å². The first-order chi connectivity index (χ1) is 9.61. The first-order valence-electron chi connectivity index (χ1n) is 6.85. The van der Waals surface area contributed by atoms with Crippen LogP contribution < -0.4 is 10.1 Å². The molecule has 1 aliphatic heterocycles. The number of hydrogen-bond donors (Lipinski definition) is 1. The first-order valence-corrected chi connectivity index (χ1v) is 6.85. The maximum atomic E-state index is 11.2. The summed E-state index contributed by atoms with van der Waals surface area (Å²) in [5.74, 6) is 0.861. The van der Waals surface area contributed by atoms with Crippen molar-refractivity contribution < 1.29 is 9.66 Å². The second-order valence-corrected chi connectivity index (χ2v) is 5.24. The number of likely N-dealkylation sites (tertiary alicyclic amines) is 1. The lowest BCUT2D eigenvalue weighted by Crippen LogP contribution is -2.33. The largest absolute Gasteiger partial charge is 0.490 e. The zero-order chi connectivity index (χ0) is 14.5. The minimum Gasteiger partial charge on any atom is -0.490 e. The highest BCUT2D eigenvalue weighted by molar-refractivity contribution is 5.68. The normalized spacial score (nSPS) is 16.9. The third-order valence-corrected chi connectivity index (χ3v) is 3.82. The average Bonchev–Trinajstić information content (AvgIpc) is 2.46. The van der Waals surface area contributed by atoms with Crippen molar-refractivity contribution in [3.63, 3.8) is 0 Å². The van der Waals surface area contributed by atoms with Crippen molar-refractivity contribution in [2.45, 2.75) is 12.8 Å². The number of nitrogens with zero attached hydrogens (tertiary/aromatic N) is 2. The average molecular weight is 279 g/mol. The number of rotatable bonds is 5. The molecule has 0 atom stereocenters. The van der Waals surface area contributed by atoms with Crippen LogP contribution in [0.15, 0.2) is 18.2 Å². The molecule has 1 saturated heterocycles. The molecule has 0 bridgehead atoms. The third-order valence-electron chi connectivity index (χ3n) is 3.82. The number of nitro groups is 1. The van der Waals surface area contributed by atoms with Gasteiger partial charge >= 0.3 is 5.69 Å². The highest BCUT2D eigenvalue weighted by atomic mass is 16.6. The molecule has 6 heteroatoms. The van der Waals surface area contributed by atoms with Crippen LogP contribution in [0.5, 0.6) is 5.75 Å². The minimum atomic E-state index is -0.393. The molecule has 20 heavy (non-hydrogen) atoms. The number of methoxy groups -OCH3 is 1. The van der Waals surface area contributed by atoms with Gasteiger partial charge in [0.1, 0.15) is 5.69 Å². The topological polar surface area (TPSA) is 67.6 Å². The van der Waals surface area contributed by atoms with Crippen LogP contribution in [0.2, 0.25) is 0 Å². The summed E-state index contributed by atoms with van der Waals surface area (Å²) >= 11 is 0. The number of nitro benzene ring substituents is 1. The molecule has 0 aliphatic carbocycles. The summed E-state index contributed by atoms with van der Waals surface area (Å²) < 4.78 is 5.06. The second kappa shape index (κ2) is 6.56. The van der Waals surface area contributed by atoms with E-state index in [1.54, 1.807) is 18.2 Å². The van der Waals surface area contributed by atoms with E-state index in [1.807, 2.05) is 0 Å². The van der Waals surface area contributed by atoms with Gasteiger partial charge in [0.15, 0.2) is 5.75 Å². The molecule has 1 aliphatic rings. The Kier molecular flexibility index (Phi) is 4.79. The zero-order valence-electron chi connectivity index (χ0n) is 12.0. The zero-order valence-corrected chi connectivity index (χ0v) is 12.0. The van der Waals surface area contributed by atoms with Crippen LogP contribution in [-0.4, -0.2) is 43.6 Å². The molecule has 0 unspecified atom stereocenters. The standard InChI is InChI=1S/C14H21N3O3/c1-16-8-6-11(7-9-16)10-15-12-4-3-5-13(20-2)14(12)17(18)19/h3-5,11,15H,6-10H2,1-2H3. The second-order valence-electron chi connectivity index (χ2n) is 5.24. The van der Waals surface area contributed by atoms with Crippen LogP contribution in [0.4, 0.5) is 11.4 Å². The summed E-state index contributed by atoms with van der Waals surface area (Å²) in [5, 5.41) is 14.4. The summed E-state index contributed by atoms with van der Waals surface area (Å²) in [6.45, 7) is 2.95. The molecule has 0 spiro atoms. The van der Waals surface area contributed by atoms with Gasteiger partial charge in [0.25, 0.3) is 0 Å². The molecule has 0 saturated carbocycles. The summed E-state index contributed by atoms with van der Waals surface area (Å²) in [6.07, 6.45) is 2.25. The lowest BCUT2D eigenvalue weighted by molar-refractivity contribution is -0.384. The fourth-order valence-electron chi connectivity index (χ4n) is 2.54. The molecule has 0 aromatic heterocycles.